The van der Waals surface area contributed by atoms with Crippen molar-refractivity contribution in [1.82, 2.24) is 0 Å². The molecule has 1 fully saturated rings. The fraction of sp³-hybridized carbons (Fsp3) is 0.333. The van der Waals surface area contributed by atoms with Crippen LogP contribution >= 0.6 is 28.0 Å². The minimum absolute atomic E-state index is 0.164. The largest absolute Gasteiger partial charge is 0.376 e. The van der Waals surface area contributed by atoms with Gasteiger partial charge in [-0.25, -0.2) is 4.39 Å². The summed E-state index contributed by atoms with van der Waals surface area (Å²) in [4.78, 5) is 0.873. The number of rotatable bonds is 3. The highest BCUT2D eigenvalue weighted by Crippen LogP contribution is 2.30. The molecule has 5 heteroatoms. The molecule has 2 rings (SSSR count). The lowest BCUT2D eigenvalue weighted by molar-refractivity contribution is -0.0716. The van der Waals surface area contributed by atoms with Crippen LogP contribution in [0.4, 0.5) is 4.39 Å². The van der Waals surface area contributed by atoms with Crippen LogP contribution in [0.5, 0.6) is 0 Å². The molecule has 1 aliphatic rings. The van der Waals surface area contributed by atoms with Crippen molar-refractivity contribution in [2.24, 2.45) is 0 Å². The van der Waals surface area contributed by atoms with Crippen LogP contribution < -0.4 is 0 Å². The first-order valence-corrected chi connectivity index (χ1v) is 5.65. The Morgan fingerprint density at radius 3 is 2.86 bits per heavy atom. The molecule has 0 unspecified atom stereocenters. The number of hydrogen-bond acceptors (Lipinski definition) is 3. The highest BCUT2D eigenvalue weighted by molar-refractivity contribution is 9.10. The van der Waals surface area contributed by atoms with E-state index in [2.05, 4.69) is 15.9 Å². The van der Waals surface area contributed by atoms with Crippen molar-refractivity contribution in [3.05, 3.63) is 28.5 Å². The second-order valence-corrected chi connectivity index (χ2v) is 4.57. The Kier molecular flexibility index (Phi) is 3.43. The van der Waals surface area contributed by atoms with Crippen LogP contribution in [0.25, 0.3) is 0 Å². The van der Waals surface area contributed by atoms with E-state index in [9.17, 15) is 4.39 Å². The lowest BCUT2D eigenvalue weighted by Gasteiger charge is -2.24. The predicted octanol–water partition coefficient (Wildman–Crippen LogP) is 3.01. The zero-order valence-electron chi connectivity index (χ0n) is 7.20. The molecule has 0 spiro atoms. The van der Waals surface area contributed by atoms with E-state index in [0.717, 1.165) is 4.90 Å². The van der Waals surface area contributed by atoms with Crippen molar-refractivity contribution in [2.75, 3.05) is 13.2 Å². The molecule has 1 aromatic rings. The van der Waals surface area contributed by atoms with Crippen LogP contribution in [0.3, 0.4) is 0 Å². The Morgan fingerprint density at radius 2 is 2.29 bits per heavy atom. The zero-order valence-corrected chi connectivity index (χ0v) is 9.61. The first-order valence-electron chi connectivity index (χ1n) is 4.12. The molecule has 0 atom stereocenters. The number of ether oxygens (including phenoxy) is 1. The monoisotopic (exact) mass is 278 g/mol. The normalized spacial score (nSPS) is 16.7. The van der Waals surface area contributed by atoms with Crippen LogP contribution in [0, 0.1) is 5.82 Å². The number of benzene rings is 1. The maximum absolute atomic E-state index is 12.7. The Morgan fingerprint density at radius 1 is 1.50 bits per heavy atom. The average molecular weight is 279 g/mol. The van der Waals surface area contributed by atoms with Crippen molar-refractivity contribution in [2.45, 2.75) is 11.0 Å². The number of halogens is 2. The fourth-order valence-electron chi connectivity index (χ4n) is 0.932. The van der Waals surface area contributed by atoms with Gasteiger partial charge in [0.25, 0.3) is 0 Å². The highest BCUT2D eigenvalue weighted by atomic mass is 79.9. The van der Waals surface area contributed by atoms with Gasteiger partial charge < -0.3 is 8.92 Å². The molecular weight excluding hydrogens is 271 g/mol. The summed E-state index contributed by atoms with van der Waals surface area (Å²) in [6, 6.07) is 4.51. The molecule has 0 saturated carbocycles. The molecule has 0 amide bonds. The van der Waals surface area contributed by atoms with Crippen molar-refractivity contribution >= 4 is 28.0 Å². The smallest absolute Gasteiger partial charge is 0.124 e. The van der Waals surface area contributed by atoms with Gasteiger partial charge in [0.15, 0.2) is 0 Å². The van der Waals surface area contributed by atoms with E-state index in [1.165, 1.54) is 24.2 Å². The maximum Gasteiger partial charge on any atom is 0.124 e. The van der Waals surface area contributed by atoms with Crippen LogP contribution in [0.15, 0.2) is 27.6 Å². The summed E-state index contributed by atoms with van der Waals surface area (Å²) in [5.74, 6) is -0.256. The van der Waals surface area contributed by atoms with E-state index in [0.29, 0.717) is 17.7 Å². The van der Waals surface area contributed by atoms with Gasteiger partial charge in [0, 0.05) is 21.4 Å². The Bertz CT molecular complexity index is 331. The maximum atomic E-state index is 12.7. The molecule has 0 N–H and O–H groups in total. The summed E-state index contributed by atoms with van der Waals surface area (Å²) in [6.07, 6.45) is 0.164. The van der Waals surface area contributed by atoms with E-state index >= 15 is 0 Å². The summed E-state index contributed by atoms with van der Waals surface area (Å²) >= 11 is 4.51. The summed E-state index contributed by atoms with van der Waals surface area (Å²) < 4.78 is 23.8. The third kappa shape index (κ3) is 2.48. The van der Waals surface area contributed by atoms with Gasteiger partial charge in [0.2, 0.25) is 0 Å². The van der Waals surface area contributed by atoms with Crippen LogP contribution in [-0.2, 0) is 8.92 Å². The van der Waals surface area contributed by atoms with Gasteiger partial charge in [-0.1, -0.05) is 0 Å². The molecule has 76 valence electrons. The van der Waals surface area contributed by atoms with Crippen molar-refractivity contribution in [3.8, 4) is 0 Å². The molecule has 2 nitrogen and oxygen atoms in total. The van der Waals surface area contributed by atoms with E-state index in [1.807, 2.05) is 0 Å². The van der Waals surface area contributed by atoms with E-state index in [-0.39, 0.29) is 11.9 Å². The second kappa shape index (κ2) is 4.61. The van der Waals surface area contributed by atoms with Gasteiger partial charge in [0.05, 0.1) is 13.2 Å². The lowest BCUT2D eigenvalue weighted by atomic mass is 10.3. The second-order valence-electron chi connectivity index (χ2n) is 2.91. The topological polar surface area (TPSA) is 18.5 Å². The molecule has 0 aliphatic carbocycles. The first kappa shape index (κ1) is 10.4. The summed E-state index contributed by atoms with van der Waals surface area (Å²) in [5.41, 5.74) is 0. The van der Waals surface area contributed by atoms with E-state index in [1.54, 1.807) is 6.07 Å². The van der Waals surface area contributed by atoms with Crippen molar-refractivity contribution < 1.29 is 13.3 Å². The summed E-state index contributed by atoms with van der Waals surface area (Å²) in [7, 11) is 0. The fourth-order valence-corrected chi connectivity index (χ4v) is 2.09. The van der Waals surface area contributed by atoms with Crippen LogP contribution in [-0.4, -0.2) is 19.3 Å². The molecule has 14 heavy (non-hydrogen) atoms. The quantitative estimate of drug-likeness (QED) is 0.792. The molecule has 1 heterocycles. The van der Waals surface area contributed by atoms with Gasteiger partial charge in [0.1, 0.15) is 11.9 Å². The molecular formula is C9H8BrFO2S. The van der Waals surface area contributed by atoms with Gasteiger partial charge in [-0.15, -0.1) is 0 Å². The standard InChI is InChI=1S/C9H8BrFO2S/c10-8-3-6(11)1-2-9(8)14-13-7-4-12-5-7/h1-3,7H,4-5H2. The van der Waals surface area contributed by atoms with E-state index in [4.69, 9.17) is 8.92 Å². The predicted molar refractivity (Wildman–Crippen MR) is 55.6 cm³/mol. The Balaban J connectivity index is 1.94. The highest BCUT2D eigenvalue weighted by Gasteiger charge is 2.20. The number of hydrogen-bond donors (Lipinski definition) is 0. The third-order valence-electron chi connectivity index (χ3n) is 1.78. The van der Waals surface area contributed by atoms with Gasteiger partial charge in [-0.3, -0.25) is 0 Å². The molecule has 1 aromatic carbocycles. The van der Waals surface area contributed by atoms with Gasteiger partial charge >= 0.3 is 0 Å². The summed E-state index contributed by atoms with van der Waals surface area (Å²) in [6.45, 7) is 1.29. The van der Waals surface area contributed by atoms with E-state index < -0.39 is 0 Å². The Hall–Kier alpha value is -0.100. The summed E-state index contributed by atoms with van der Waals surface area (Å²) in [5, 5.41) is 0. The molecule has 0 bridgehead atoms. The molecule has 0 aromatic heterocycles. The minimum atomic E-state index is -0.256. The molecule has 1 aliphatic heterocycles. The van der Waals surface area contributed by atoms with Crippen molar-refractivity contribution in [3.63, 3.8) is 0 Å². The van der Waals surface area contributed by atoms with Gasteiger partial charge in [-0.05, 0) is 34.1 Å². The van der Waals surface area contributed by atoms with Gasteiger partial charge in [-0.2, -0.15) is 0 Å². The average Bonchev–Trinajstić information content (AvgIpc) is 2.05. The third-order valence-corrected chi connectivity index (χ3v) is 3.60. The molecule has 0 radical (unpaired) electrons. The Labute approximate surface area is 94.1 Å². The minimum Gasteiger partial charge on any atom is -0.376 e. The zero-order chi connectivity index (χ0) is 9.97. The SMILES string of the molecule is Fc1ccc(SOC2COC2)c(Br)c1. The first-order chi connectivity index (χ1) is 6.75. The van der Waals surface area contributed by atoms with Crippen molar-refractivity contribution in [1.29, 1.82) is 0 Å². The lowest BCUT2D eigenvalue weighted by Crippen LogP contribution is -2.34. The van der Waals surface area contributed by atoms with Crippen LogP contribution in [0.2, 0.25) is 0 Å². The van der Waals surface area contributed by atoms with Crippen LogP contribution in [0.1, 0.15) is 0 Å². The molecule has 1 saturated heterocycles.